The van der Waals surface area contributed by atoms with E-state index in [1.165, 1.54) is 11.3 Å². The summed E-state index contributed by atoms with van der Waals surface area (Å²) in [5.74, 6) is -0.489. The molecule has 32 heavy (non-hydrogen) atoms. The van der Waals surface area contributed by atoms with Gasteiger partial charge in [0.2, 0.25) is 0 Å². The average molecular weight is 489 g/mol. The number of thiocarbonyl (C=S) groups is 1. The molecule has 0 bridgehead atoms. The molecule has 0 aliphatic heterocycles. The molecule has 0 aliphatic rings. The van der Waals surface area contributed by atoms with Crippen molar-refractivity contribution in [2.75, 3.05) is 31.5 Å². The highest BCUT2D eigenvalue weighted by Crippen LogP contribution is 2.34. The Labute approximate surface area is 201 Å². The number of nitrogens with zero attached hydrogens (tertiary/aromatic N) is 1. The summed E-state index contributed by atoms with van der Waals surface area (Å²) in [6, 6.07) is 14.5. The van der Waals surface area contributed by atoms with Crippen LogP contribution >= 0.6 is 35.2 Å². The molecule has 0 saturated carbocycles. The van der Waals surface area contributed by atoms with E-state index in [-0.39, 0.29) is 16.9 Å². The van der Waals surface area contributed by atoms with Crippen molar-refractivity contribution in [2.45, 2.75) is 13.8 Å². The molecule has 6 nitrogen and oxygen atoms in total. The lowest BCUT2D eigenvalue weighted by atomic mass is 10.2. The first-order valence-electron chi connectivity index (χ1n) is 10.3. The van der Waals surface area contributed by atoms with Gasteiger partial charge in [-0.15, -0.1) is 11.3 Å². The number of anilines is 1. The van der Waals surface area contributed by atoms with Gasteiger partial charge in [0.25, 0.3) is 11.8 Å². The zero-order chi connectivity index (χ0) is 23.1. The summed E-state index contributed by atoms with van der Waals surface area (Å²) >= 11 is 12.9. The number of likely N-dealkylation sites (N-methyl/N-ethyl adjacent to an activating group) is 1. The smallest absolute Gasteiger partial charge is 0.269 e. The number of hydrogen-bond donors (Lipinski definition) is 3. The summed E-state index contributed by atoms with van der Waals surface area (Å²) in [6.07, 6.45) is 0. The standard InChI is InChI=1S/C23H25ClN4O2S2/c1-3-28(4-2)14-13-25-21(29)15-9-11-16(12-10-15)26-23(31)27-22(30)20-19(24)17-7-5-6-8-18(17)32-20/h5-12H,3-4,13-14H2,1-2H3,(H,25,29)(H2,26,27,30,31). The van der Waals surface area contributed by atoms with Crippen LogP contribution in [-0.4, -0.2) is 48.0 Å². The second-order valence-corrected chi connectivity index (χ2v) is 8.85. The SMILES string of the molecule is CCN(CC)CCNC(=O)c1ccc(NC(=S)NC(=O)c2sc3ccccc3c2Cl)cc1. The summed E-state index contributed by atoms with van der Waals surface area (Å²) in [5, 5.41) is 9.95. The number of amides is 2. The van der Waals surface area contributed by atoms with Crippen molar-refractivity contribution in [1.29, 1.82) is 0 Å². The Bertz CT molecular complexity index is 1110. The van der Waals surface area contributed by atoms with Crippen molar-refractivity contribution in [2.24, 2.45) is 0 Å². The van der Waals surface area contributed by atoms with Crippen LogP contribution in [0.1, 0.15) is 33.9 Å². The molecule has 1 aromatic heterocycles. The van der Waals surface area contributed by atoms with Gasteiger partial charge in [0.15, 0.2) is 5.11 Å². The number of rotatable bonds is 8. The molecule has 0 spiro atoms. The molecule has 3 aromatic rings. The molecule has 0 radical (unpaired) electrons. The van der Waals surface area contributed by atoms with E-state index in [0.717, 1.165) is 29.7 Å². The molecule has 0 unspecified atom stereocenters. The normalized spacial score (nSPS) is 10.9. The fourth-order valence-corrected chi connectivity index (χ4v) is 4.78. The van der Waals surface area contributed by atoms with Crippen molar-refractivity contribution in [3.8, 4) is 0 Å². The highest BCUT2D eigenvalue weighted by Gasteiger charge is 2.18. The molecule has 2 amide bonds. The number of fused-ring (bicyclic) bond motifs is 1. The van der Waals surface area contributed by atoms with Crippen LogP contribution in [0.25, 0.3) is 10.1 Å². The van der Waals surface area contributed by atoms with Gasteiger partial charge in [-0.2, -0.15) is 0 Å². The van der Waals surface area contributed by atoms with Crippen molar-refractivity contribution < 1.29 is 9.59 Å². The maximum absolute atomic E-state index is 12.6. The average Bonchev–Trinajstić information content (AvgIpc) is 3.14. The molecule has 1 heterocycles. The summed E-state index contributed by atoms with van der Waals surface area (Å²) < 4.78 is 0.937. The minimum absolute atomic E-state index is 0.126. The van der Waals surface area contributed by atoms with Crippen molar-refractivity contribution in [3.63, 3.8) is 0 Å². The van der Waals surface area contributed by atoms with Gasteiger partial charge in [-0.3, -0.25) is 14.9 Å². The maximum atomic E-state index is 12.6. The molecular formula is C23H25ClN4O2S2. The van der Waals surface area contributed by atoms with Crippen molar-refractivity contribution >= 4 is 67.9 Å². The van der Waals surface area contributed by atoms with E-state index in [9.17, 15) is 9.59 Å². The van der Waals surface area contributed by atoms with E-state index in [4.69, 9.17) is 23.8 Å². The van der Waals surface area contributed by atoms with Gasteiger partial charge in [0.1, 0.15) is 4.88 Å². The van der Waals surface area contributed by atoms with E-state index in [0.29, 0.717) is 27.7 Å². The summed E-state index contributed by atoms with van der Waals surface area (Å²) in [6.45, 7) is 7.52. The number of thiophene rings is 1. The van der Waals surface area contributed by atoms with Crippen LogP contribution in [0.4, 0.5) is 5.69 Å². The van der Waals surface area contributed by atoms with Crippen LogP contribution < -0.4 is 16.0 Å². The molecule has 0 atom stereocenters. The predicted octanol–water partition coefficient (Wildman–Crippen LogP) is 4.75. The Morgan fingerprint density at radius 2 is 1.72 bits per heavy atom. The molecule has 2 aromatic carbocycles. The Balaban J connectivity index is 1.53. The van der Waals surface area contributed by atoms with Gasteiger partial charge in [-0.1, -0.05) is 43.6 Å². The van der Waals surface area contributed by atoms with Crippen LogP contribution in [0.2, 0.25) is 5.02 Å². The van der Waals surface area contributed by atoms with Gasteiger partial charge in [0.05, 0.1) is 5.02 Å². The third-order valence-corrected chi connectivity index (χ3v) is 6.86. The topological polar surface area (TPSA) is 73.5 Å². The first-order chi connectivity index (χ1) is 15.4. The van der Waals surface area contributed by atoms with Crippen LogP contribution in [0, 0.1) is 0 Å². The Kier molecular flexibility index (Phi) is 8.58. The number of carbonyl (C=O) groups excluding carboxylic acids is 2. The van der Waals surface area contributed by atoms with E-state index in [2.05, 4.69) is 34.7 Å². The lowest BCUT2D eigenvalue weighted by Gasteiger charge is -2.18. The molecule has 168 valence electrons. The first-order valence-corrected chi connectivity index (χ1v) is 11.9. The fourth-order valence-electron chi connectivity index (χ4n) is 3.16. The maximum Gasteiger partial charge on any atom is 0.269 e. The van der Waals surface area contributed by atoms with Crippen LogP contribution in [0.15, 0.2) is 48.5 Å². The molecule has 3 N–H and O–H groups in total. The Hall–Kier alpha value is -2.52. The number of nitrogens with one attached hydrogen (secondary N) is 3. The van der Waals surface area contributed by atoms with E-state index in [1.54, 1.807) is 24.3 Å². The first kappa shape index (κ1) is 24.1. The third kappa shape index (κ3) is 6.04. The van der Waals surface area contributed by atoms with Gasteiger partial charge < -0.3 is 15.5 Å². The minimum atomic E-state index is -0.363. The quantitative estimate of drug-likeness (QED) is 0.399. The number of hydrogen-bond acceptors (Lipinski definition) is 5. The summed E-state index contributed by atoms with van der Waals surface area (Å²) in [4.78, 5) is 27.6. The van der Waals surface area contributed by atoms with Gasteiger partial charge in [-0.05, 0) is 55.6 Å². The zero-order valence-electron chi connectivity index (χ0n) is 17.9. The van der Waals surface area contributed by atoms with E-state index >= 15 is 0 Å². The fraction of sp³-hybridized carbons (Fsp3) is 0.261. The van der Waals surface area contributed by atoms with E-state index in [1.807, 2.05) is 24.3 Å². The molecule has 0 fully saturated rings. The Morgan fingerprint density at radius 1 is 1.03 bits per heavy atom. The lowest BCUT2D eigenvalue weighted by molar-refractivity contribution is 0.0947. The molecule has 9 heteroatoms. The molecular weight excluding hydrogens is 464 g/mol. The zero-order valence-corrected chi connectivity index (χ0v) is 20.3. The summed E-state index contributed by atoms with van der Waals surface area (Å²) in [7, 11) is 0. The Morgan fingerprint density at radius 3 is 2.38 bits per heavy atom. The predicted molar refractivity (Wildman–Crippen MR) is 137 cm³/mol. The van der Waals surface area contributed by atoms with Crippen LogP contribution in [0.5, 0.6) is 0 Å². The van der Waals surface area contributed by atoms with Crippen molar-refractivity contribution in [3.05, 3.63) is 64.0 Å². The largest absolute Gasteiger partial charge is 0.351 e. The number of carbonyl (C=O) groups is 2. The monoisotopic (exact) mass is 488 g/mol. The summed E-state index contributed by atoms with van der Waals surface area (Å²) in [5.41, 5.74) is 1.22. The van der Waals surface area contributed by atoms with Crippen LogP contribution in [0.3, 0.4) is 0 Å². The molecule has 0 aliphatic carbocycles. The van der Waals surface area contributed by atoms with Gasteiger partial charge in [0, 0.05) is 34.4 Å². The lowest BCUT2D eigenvalue weighted by Crippen LogP contribution is -2.35. The number of halogens is 1. The molecule has 0 saturated heterocycles. The highest BCUT2D eigenvalue weighted by atomic mass is 35.5. The van der Waals surface area contributed by atoms with Crippen LogP contribution in [-0.2, 0) is 0 Å². The molecule has 3 rings (SSSR count). The second-order valence-electron chi connectivity index (χ2n) is 7.01. The van der Waals surface area contributed by atoms with Crippen molar-refractivity contribution in [1.82, 2.24) is 15.5 Å². The second kappa shape index (κ2) is 11.4. The van der Waals surface area contributed by atoms with Gasteiger partial charge >= 0.3 is 0 Å². The minimum Gasteiger partial charge on any atom is -0.351 e. The third-order valence-electron chi connectivity index (χ3n) is 4.98. The van der Waals surface area contributed by atoms with E-state index < -0.39 is 0 Å². The highest BCUT2D eigenvalue weighted by molar-refractivity contribution is 7.80. The van der Waals surface area contributed by atoms with Gasteiger partial charge in [-0.25, -0.2) is 0 Å². The number of benzene rings is 2.